The summed E-state index contributed by atoms with van der Waals surface area (Å²) >= 11 is 1.40. The van der Waals surface area contributed by atoms with E-state index in [0.29, 0.717) is 11.4 Å². The number of piperidine rings is 1. The lowest BCUT2D eigenvalue weighted by Crippen LogP contribution is -2.53. The Balaban J connectivity index is 1.35. The molecule has 0 saturated carbocycles. The Morgan fingerprint density at radius 1 is 1.03 bits per heavy atom. The number of fused-ring (bicyclic) bond motifs is 2. The summed E-state index contributed by atoms with van der Waals surface area (Å²) in [7, 11) is 0. The monoisotopic (exact) mass is 451 g/mol. The van der Waals surface area contributed by atoms with Gasteiger partial charge in [0.2, 0.25) is 11.8 Å². The van der Waals surface area contributed by atoms with Gasteiger partial charge in [0.15, 0.2) is 6.10 Å². The molecule has 7 nitrogen and oxygen atoms in total. The van der Waals surface area contributed by atoms with Crippen molar-refractivity contribution >= 4 is 40.9 Å². The largest absolute Gasteiger partial charge is 0.476 e. The van der Waals surface area contributed by atoms with E-state index in [1.165, 1.54) is 11.8 Å². The van der Waals surface area contributed by atoms with E-state index in [1.807, 2.05) is 47.4 Å². The molecule has 0 spiro atoms. The van der Waals surface area contributed by atoms with Crippen LogP contribution < -0.4 is 15.0 Å². The minimum atomic E-state index is -0.736. The highest BCUT2D eigenvalue weighted by Gasteiger charge is 2.38. The Kier molecular flexibility index (Phi) is 5.78. The Bertz CT molecular complexity index is 1050. The third-order valence-corrected chi connectivity index (χ3v) is 7.36. The van der Waals surface area contributed by atoms with Gasteiger partial charge in [0.25, 0.3) is 5.91 Å². The number of para-hydroxylation sites is 3. The van der Waals surface area contributed by atoms with Crippen LogP contribution >= 0.6 is 11.8 Å². The molecule has 1 N–H and O–H groups in total. The van der Waals surface area contributed by atoms with Crippen LogP contribution in [0.1, 0.15) is 25.7 Å². The molecule has 1 saturated heterocycles. The Hall–Kier alpha value is -3.00. The fourth-order valence-electron chi connectivity index (χ4n) is 4.41. The maximum Gasteiger partial charge on any atom is 0.265 e. The first-order valence-corrected chi connectivity index (χ1v) is 11.9. The smallest absolute Gasteiger partial charge is 0.265 e. The summed E-state index contributed by atoms with van der Waals surface area (Å²) in [5.74, 6) is 0.0815. The SMILES string of the molecule is O=C1Nc2ccccc2S[C@@H]1CC(=O)N1C[C@@H](C(=O)N2CCCCC2)Oc2ccccc21. The number of likely N-dealkylation sites (tertiary alicyclic amines) is 1. The maximum absolute atomic E-state index is 13.4. The van der Waals surface area contributed by atoms with Crippen LogP contribution in [0.15, 0.2) is 53.4 Å². The van der Waals surface area contributed by atoms with Gasteiger partial charge >= 0.3 is 0 Å². The Morgan fingerprint density at radius 2 is 1.78 bits per heavy atom. The van der Waals surface area contributed by atoms with Crippen LogP contribution in [0.4, 0.5) is 11.4 Å². The van der Waals surface area contributed by atoms with E-state index in [1.54, 1.807) is 11.0 Å². The first kappa shape index (κ1) is 20.9. The van der Waals surface area contributed by atoms with Crippen molar-refractivity contribution in [3.05, 3.63) is 48.5 Å². The van der Waals surface area contributed by atoms with Crippen molar-refractivity contribution in [3.8, 4) is 5.75 Å². The molecule has 166 valence electrons. The second kappa shape index (κ2) is 8.86. The van der Waals surface area contributed by atoms with E-state index in [2.05, 4.69) is 5.32 Å². The normalized spacial score (nSPS) is 22.3. The molecule has 32 heavy (non-hydrogen) atoms. The highest BCUT2D eigenvalue weighted by atomic mass is 32.2. The number of nitrogens with one attached hydrogen (secondary N) is 1. The van der Waals surface area contributed by atoms with Crippen LogP contribution in [-0.2, 0) is 14.4 Å². The summed E-state index contributed by atoms with van der Waals surface area (Å²) in [6.45, 7) is 1.61. The van der Waals surface area contributed by atoms with Gasteiger partial charge in [0.05, 0.1) is 23.2 Å². The lowest BCUT2D eigenvalue weighted by atomic mass is 10.1. The number of nitrogens with zero attached hydrogens (tertiary/aromatic N) is 2. The van der Waals surface area contributed by atoms with Gasteiger partial charge in [-0.3, -0.25) is 14.4 Å². The molecule has 1 fully saturated rings. The Labute approximate surface area is 191 Å². The molecular formula is C24H25N3O4S. The standard InChI is InChI=1S/C24H25N3O4S/c28-22(14-21-23(29)25-16-8-2-5-11-20(16)32-21)27-15-19(24(30)26-12-6-1-7-13-26)31-18-10-4-3-9-17(18)27/h2-5,8-11,19,21H,1,6-7,12-15H2,(H,25,29)/t19-,21+/m0/s1. The number of carbonyl (C=O) groups is 3. The topological polar surface area (TPSA) is 79.0 Å². The van der Waals surface area contributed by atoms with Gasteiger partial charge < -0.3 is 19.9 Å². The minimum Gasteiger partial charge on any atom is -0.476 e. The summed E-state index contributed by atoms with van der Waals surface area (Å²) in [6.07, 6.45) is 2.43. The summed E-state index contributed by atoms with van der Waals surface area (Å²) in [6, 6.07) is 14.8. The number of thioether (sulfide) groups is 1. The highest BCUT2D eigenvalue weighted by molar-refractivity contribution is 8.01. The molecule has 3 heterocycles. The average Bonchev–Trinajstić information content (AvgIpc) is 2.83. The predicted molar refractivity (Wildman–Crippen MR) is 123 cm³/mol. The molecule has 0 radical (unpaired) electrons. The van der Waals surface area contributed by atoms with Crippen LogP contribution in [0.25, 0.3) is 0 Å². The molecule has 0 bridgehead atoms. The van der Waals surface area contributed by atoms with E-state index in [0.717, 1.165) is 42.9 Å². The number of carbonyl (C=O) groups excluding carboxylic acids is 3. The lowest BCUT2D eigenvalue weighted by Gasteiger charge is -2.37. The van der Waals surface area contributed by atoms with Crippen LogP contribution in [0.2, 0.25) is 0 Å². The number of benzene rings is 2. The first-order chi connectivity index (χ1) is 15.6. The van der Waals surface area contributed by atoms with Crippen molar-refractivity contribution < 1.29 is 19.1 Å². The summed E-state index contributed by atoms with van der Waals surface area (Å²) in [5, 5.41) is 2.37. The average molecular weight is 452 g/mol. The highest BCUT2D eigenvalue weighted by Crippen LogP contribution is 2.39. The van der Waals surface area contributed by atoms with Gasteiger partial charge in [-0.1, -0.05) is 24.3 Å². The molecule has 2 aromatic rings. The summed E-state index contributed by atoms with van der Waals surface area (Å²) in [4.78, 5) is 43.5. The zero-order valence-corrected chi connectivity index (χ0v) is 18.5. The van der Waals surface area contributed by atoms with Crippen molar-refractivity contribution in [2.45, 2.75) is 41.9 Å². The molecule has 3 amide bonds. The van der Waals surface area contributed by atoms with Crippen molar-refractivity contribution in [2.24, 2.45) is 0 Å². The Morgan fingerprint density at radius 3 is 2.62 bits per heavy atom. The molecular weight excluding hydrogens is 426 g/mol. The fourth-order valence-corrected chi connectivity index (χ4v) is 5.51. The van der Waals surface area contributed by atoms with Gasteiger partial charge in [0.1, 0.15) is 5.75 Å². The van der Waals surface area contributed by atoms with Crippen LogP contribution in [0, 0.1) is 0 Å². The molecule has 3 aliphatic heterocycles. The van der Waals surface area contributed by atoms with Crippen LogP contribution in [0.3, 0.4) is 0 Å². The van der Waals surface area contributed by atoms with Gasteiger partial charge in [0, 0.05) is 24.4 Å². The van der Waals surface area contributed by atoms with Crippen molar-refractivity contribution in [3.63, 3.8) is 0 Å². The second-order valence-electron chi connectivity index (χ2n) is 8.26. The second-order valence-corrected chi connectivity index (χ2v) is 9.51. The molecule has 5 rings (SSSR count). The van der Waals surface area contributed by atoms with Crippen molar-refractivity contribution in [1.29, 1.82) is 0 Å². The van der Waals surface area contributed by atoms with Gasteiger partial charge in [-0.25, -0.2) is 0 Å². The number of rotatable bonds is 3. The van der Waals surface area contributed by atoms with Gasteiger partial charge in [-0.05, 0) is 43.5 Å². The van der Waals surface area contributed by atoms with Crippen molar-refractivity contribution in [1.82, 2.24) is 4.90 Å². The minimum absolute atomic E-state index is 0.0454. The predicted octanol–water partition coefficient (Wildman–Crippen LogP) is 3.30. The number of hydrogen-bond acceptors (Lipinski definition) is 5. The number of hydrogen-bond donors (Lipinski definition) is 1. The fraction of sp³-hybridized carbons (Fsp3) is 0.375. The van der Waals surface area contributed by atoms with Crippen molar-refractivity contribution in [2.75, 3.05) is 29.9 Å². The summed E-state index contributed by atoms with van der Waals surface area (Å²) in [5.41, 5.74) is 1.41. The van der Waals surface area contributed by atoms with E-state index in [4.69, 9.17) is 4.74 Å². The number of anilines is 2. The molecule has 0 unspecified atom stereocenters. The number of amides is 3. The van der Waals surface area contributed by atoms with E-state index < -0.39 is 11.4 Å². The third-order valence-electron chi connectivity index (χ3n) is 6.08. The van der Waals surface area contributed by atoms with Crippen LogP contribution in [0.5, 0.6) is 5.75 Å². The molecule has 0 aromatic heterocycles. The molecule has 3 aliphatic rings. The number of ether oxygens (including phenoxy) is 1. The zero-order valence-electron chi connectivity index (χ0n) is 17.7. The quantitative estimate of drug-likeness (QED) is 0.775. The summed E-state index contributed by atoms with van der Waals surface area (Å²) < 4.78 is 6.02. The lowest BCUT2D eigenvalue weighted by molar-refractivity contribution is -0.139. The van der Waals surface area contributed by atoms with Gasteiger partial charge in [-0.15, -0.1) is 11.8 Å². The third kappa shape index (κ3) is 4.07. The molecule has 2 aromatic carbocycles. The first-order valence-electron chi connectivity index (χ1n) is 11.0. The molecule has 0 aliphatic carbocycles. The zero-order chi connectivity index (χ0) is 22.1. The van der Waals surface area contributed by atoms with Gasteiger partial charge in [-0.2, -0.15) is 0 Å². The van der Waals surface area contributed by atoms with Crippen LogP contribution in [-0.4, -0.2) is 53.6 Å². The molecule has 2 atom stereocenters. The van der Waals surface area contributed by atoms with E-state index >= 15 is 0 Å². The van der Waals surface area contributed by atoms with E-state index in [9.17, 15) is 14.4 Å². The molecule has 8 heteroatoms. The maximum atomic E-state index is 13.4. The van der Waals surface area contributed by atoms with E-state index in [-0.39, 0.29) is 30.7 Å².